The molecule has 0 unspecified atom stereocenters. The normalized spacial score (nSPS) is 23.0. The average Bonchev–Trinajstić information content (AvgIpc) is 3.28. The lowest BCUT2D eigenvalue weighted by Gasteiger charge is -2.20. The standard InChI is InChI=1S/C19H24N2/c1-14-3-2-11-21(14)12-10-15-4-8-19-17(13-15)7-9-18(20-19)16-5-6-16/h4,7-9,13-14,16H,2-3,5-6,10-12H2,1H3/t14-/m0/s1. The molecule has 0 bridgehead atoms. The highest BCUT2D eigenvalue weighted by Crippen LogP contribution is 2.39. The fourth-order valence-corrected chi connectivity index (χ4v) is 3.55. The molecule has 4 rings (SSSR count). The molecule has 1 atom stereocenters. The highest BCUT2D eigenvalue weighted by molar-refractivity contribution is 5.79. The molecule has 1 aromatic carbocycles. The number of hydrogen-bond donors (Lipinski definition) is 0. The van der Waals surface area contributed by atoms with E-state index in [1.807, 2.05) is 0 Å². The van der Waals surface area contributed by atoms with Crippen LogP contribution in [0.2, 0.25) is 0 Å². The number of pyridine rings is 1. The van der Waals surface area contributed by atoms with Crippen LogP contribution in [0.25, 0.3) is 10.9 Å². The molecule has 21 heavy (non-hydrogen) atoms. The largest absolute Gasteiger partial charge is 0.300 e. The highest BCUT2D eigenvalue weighted by atomic mass is 15.2. The molecule has 2 heterocycles. The van der Waals surface area contributed by atoms with Gasteiger partial charge in [-0.3, -0.25) is 4.98 Å². The molecule has 2 aromatic rings. The molecule has 2 aliphatic rings. The zero-order chi connectivity index (χ0) is 14.2. The Bertz CT molecular complexity index is 645. The Labute approximate surface area is 127 Å². The van der Waals surface area contributed by atoms with Crippen molar-refractivity contribution in [3.8, 4) is 0 Å². The Hall–Kier alpha value is -1.41. The van der Waals surface area contributed by atoms with Gasteiger partial charge >= 0.3 is 0 Å². The van der Waals surface area contributed by atoms with Gasteiger partial charge in [0.1, 0.15) is 0 Å². The van der Waals surface area contributed by atoms with E-state index in [1.165, 1.54) is 55.4 Å². The number of nitrogens with zero attached hydrogens (tertiary/aromatic N) is 2. The molecule has 1 saturated carbocycles. The smallest absolute Gasteiger partial charge is 0.0705 e. The first-order chi connectivity index (χ1) is 10.3. The van der Waals surface area contributed by atoms with E-state index in [0.717, 1.165) is 23.9 Å². The Balaban J connectivity index is 1.49. The molecule has 1 saturated heterocycles. The minimum absolute atomic E-state index is 0.741. The van der Waals surface area contributed by atoms with Crippen molar-refractivity contribution in [2.24, 2.45) is 0 Å². The van der Waals surface area contributed by atoms with Crippen LogP contribution in [-0.4, -0.2) is 29.0 Å². The molecule has 1 aliphatic heterocycles. The van der Waals surface area contributed by atoms with Crippen molar-refractivity contribution in [3.63, 3.8) is 0 Å². The molecule has 0 spiro atoms. The van der Waals surface area contributed by atoms with Crippen molar-refractivity contribution in [1.29, 1.82) is 0 Å². The lowest BCUT2D eigenvalue weighted by Crippen LogP contribution is -2.28. The van der Waals surface area contributed by atoms with E-state index in [1.54, 1.807) is 0 Å². The topological polar surface area (TPSA) is 16.1 Å². The maximum atomic E-state index is 4.82. The van der Waals surface area contributed by atoms with E-state index in [4.69, 9.17) is 4.98 Å². The first-order valence-corrected chi connectivity index (χ1v) is 8.43. The van der Waals surface area contributed by atoms with Gasteiger partial charge in [-0.2, -0.15) is 0 Å². The van der Waals surface area contributed by atoms with Crippen LogP contribution in [0.4, 0.5) is 0 Å². The van der Waals surface area contributed by atoms with Crippen molar-refractivity contribution in [2.75, 3.05) is 13.1 Å². The quantitative estimate of drug-likeness (QED) is 0.837. The highest BCUT2D eigenvalue weighted by Gasteiger charge is 2.24. The second kappa shape index (κ2) is 5.42. The molecular formula is C19H24N2. The van der Waals surface area contributed by atoms with E-state index in [-0.39, 0.29) is 0 Å². The van der Waals surface area contributed by atoms with Crippen molar-refractivity contribution >= 4 is 10.9 Å². The van der Waals surface area contributed by atoms with Crippen LogP contribution in [-0.2, 0) is 6.42 Å². The van der Waals surface area contributed by atoms with Gasteiger partial charge in [0, 0.05) is 29.6 Å². The molecular weight excluding hydrogens is 256 g/mol. The molecule has 2 fully saturated rings. The number of fused-ring (bicyclic) bond motifs is 1. The summed E-state index contributed by atoms with van der Waals surface area (Å²) in [6, 6.07) is 12.1. The fraction of sp³-hybridized carbons (Fsp3) is 0.526. The Morgan fingerprint density at radius 1 is 1.14 bits per heavy atom. The first kappa shape index (κ1) is 13.3. The summed E-state index contributed by atoms with van der Waals surface area (Å²) in [5.74, 6) is 0.741. The first-order valence-electron chi connectivity index (χ1n) is 8.43. The van der Waals surface area contributed by atoms with Gasteiger partial charge in [-0.05, 0) is 69.3 Å². The predicted octanol–water partition coefficient (Wildman–Crippen LogP) is 4.14. The summed E-state index contributed by atoms with van der Waals surface area (Å²) in [5.41, 5.74) is 3.90. The summed E-state index contributed by atoms with van der Waals surface area (Å²) < 4.78 is 0. The maximum absolute atomic E-state index is 4.82. The number of likely N-dealkylation sites (tertiary alicyclic amines) is 1. The summed E-state index contributed by atoms with van der Waals surface area (Å²) in [7, 11) is 0. The van der Waals surface area contributed by atoms with Gasteiger partial charge < -0.3 is 4.90 Å². The zero-order valence-electron chi connectivity index (χ0n) is 12.9. The third-order valence-corrected chi connectivity index (χ3v) is 5.15. The molecule has 1 aliphatic carbocycles. The van der Waals surface area contributed by atoms with Crippen LogP contribution in [0.1, 0.15) is 49.8 Å². The van der Waals surface area contributed by atoms with Gasteiger partial charge in [0.25, 0.3) is 0 Å². The molecule has 2 nitrogen and oxygen atoms in total. The Morgan fingerprint density at radius 3 is 2.81 bits per heavy atom. The second-order valence-electron chi connectivity index (χ2n) is 6.81. The number of benzene rings is 1. The summed E-state index contributed by atoms with van der Waals surface area (Å²) in [4.78, 5) is 7.44. The average molecular weight is 280 g/mol. The third-order valence-electron chi connectivity index (χ3n) is 5.15. The summed E-state index contributed by atoms with van der Waals surface area (Å²) >= 11 is 0. The van der Waals surface area contributed by atoms with Gasteiger partial charge in [0.15, 0.2) is 0 Å². The van der Waals surface area contributed by atoms with E-state index in [2.05, 4.69) is 42.2 Å². The van der Waals surface area contributed by atoms with Crippen LogP contribution in [0, 0.1) is 0 Å². The summed E-state index contributed by atoms with van der Waals surface area (Å²) in [5, 5.41) is 1.30. The number of hydrogen-bond acceptors (Lipinski definition) is 2. The van der Waals surface area contributed by atoms with Crippen molar-refractivity contribution in [2.45, 2.75) is 51.0 Å². The van der Waals surface area contributed by atoms with Crippen LogP contribution in [0.5, 0.6) is 0 Å². The number of rotatable bonds is 4. The molecule has 0 radical (unpaired) electrons. The summed E-state index contributed by atoms with van der Waals surface area (Å²) in [6.45, 7) is 4.83. The van der Waals surface area contributed by atoms with Crippen molar-refractivity contribution < 1.29 is 0 Å². The van der Waals surface area contributed by atoms with Gasteiger partial charge in [-0.1, -0.05) is 12.1 Å². The summed E-state index contributed by atoms with van der Waals surface area (Å²) in [6.07, 6.45) is 6.54. The molecule has 110 valence electrons. The minimum Gasteiger partial charge on any atom is -0.300 e. The SMILES string of the molecule is C[C@H]1CCCN1CCc1ccc2nc(C3CC3)ccc2c1. The molecule has 0 N–H and O–H groups in total. The van der Waals surface area contributed by atoms with E-state index < -0.39 is 0 Å². The van der Waals surface area contributed by atoms with Crippen LogP contribution in [0.3, 0.4) is 0 Å². The molecule has 0 amide bonds. The maximum Gasteiger partial charge on any atom is 0.0705 e. The van der Waals surface area contributed by atoms with Crippen LogP contribution >= 0.6 is 0 Å². The van der Waals surface area contributed by atoms with Gasteiger partial charge in [0.05, 0.1) is 5.52 Å². The van der Waals surface area contributed by atoms with Crippen LogP contribution in [0.15, 0.2) is 30.3 Å². The predicted molar refractivity (Wildman–Crippen MR) is 87.7 cm³/mol. The van der Waals surface area contributed by atoms with Crippen LogP contribution < -0.4 is 0 Å². The monoisotopic (exact) mass is 280 g/mol. The second-order valence-corrected chi connectivity index (χ2v) is 6.81. The fourth-order valence-electron chi connectivity index (χ4n) is 3.55. The lowest BCUT2D eigenvalue weighted by atomic mass is 10.1. The molecule has 1 aromatic heterocycles. The number of aromatic nitrogens is 1. The van der Waals surface area contributed by atoms with Gasteiger partial charge in [0.2, 0.25) is 0 Å². The minimum atomic E-state index is 0.741. The molecule has 2 heteroatoms. The van der Waals surface area contributed by atoms with Crippen molar-refractivity contribution in [3.05, 3.63) is 41.6 Å². The third kappa shape index (κ3) is 2.82. The van der Waals surface area contributed by atoms with Gasteiger partial charge in [-0.25, -0.2) is 0 Å². The van der Waals surface area contributed by atoms with E-state index in [9.17, 15) is 0 Å². The van der Waals surface area contributed by atoms with Gasteiger partial charge in [-0.15, -0.1) is 0 Å². The zero-order valence-corrected chi connectivity index (χ0v) is 12.9. The Morgan fingerprint density at radius 2 is 2.05 bits per heavy atom. The van der Waals surface area contributed by atoms with E-state index >= 15 is 0 Å². The van der Waals surface area contributed by atoms with E-state index in [0.29, 0.717) is 0 Å². The lowest BCUT2D eigenvalue weighted by molar-refractivity contribution is 0.272. The van der Waals surface area contributed by atoms with Crippen molar-refractivity contribution in [1.82, 2.24) is 9.88 Å². The Kier molecular flexibility index (Phi) is 3.42.